The van der Waals surface area contributed by atoms with Gasteiger partial charge in [0.05, 0.1) is 17.5 Å². The number of nitrogens with zero attached hydrogens (tertiary/aromatic N) is 5. The molecule has 0 saturated heterocycles. The molecule has 0 spiro atoms. The minimum Gasteiger partial charge on any atom is -0.418 e. The normalized spacial score (nSPS) is 18.8. The maximum Gasteiger partial charge on any atom is 0.257 e. The Balaban J connectivity index is 1.43. The third kappa shape index (κ3) is 2.91. The van der Waals surface area contributed by atoms with E-state index in [1.54, 1.807) is 11.3 Å². The zero-order valence-corrected chi connectivity index (χ0v) is 13.9. The number of hydrogen-bond acceptors (Lipinski definition) is 7. The molecule has 0 fully saturated rings. The fraction of sp³-hybridized carbons (Fsp3) is 0.467. The van der Waals surface area contributed by atoms with Crippen molar-refractivity contribution < 1.29 is 4.42 Å². The van der Waals surface area contributed by atoms with Gasteiger partial charge in [0, 0.05) is 12.5 Å². The molecule has 3 aromatic rings. The van der Waals surface area contributed by atoms with Gasteiger partial charge in [0.15, 0.2) is 0 Å². The number of aryl methyl sites for hydroxylation is 2. The second-order valence-electron chi connectivity index (χ2n) is 5.80. The fourth-order valence-corrected chi connectivity index (χ4v) is 3.55. The van der Waals surface area contributed by atoms with Crippen LogP contribution in [0.4, 0.5) is 0 Å². The van der Waals surface area contributed by atoms with E-state index in [-0.39, 0.29) is 6.04 Å². The molecule has 0 saturated carbocycles. The predicted octanol–water partition coefficient (Wildman–Crippen LogP) is 2.36. The molecule has 7 nitrogen and oxygen atoms in total. The molecule has 1 aliphatic heterocycles. The van der Waals surface area contributed by atoms with Crippen LogP contribution in [0.1, 0.15) is 36.9 Å². The van der Waals surface area contributed by atoms with E-state index in [0.717, 1.165) is 35.9 Å². The van der Waals surface area contributed by atoms with Gasteiger partial charge < -0.3 is 9.73 Å². The van der Waals surface area contributed by atoms with Crippen molar-refractivity contribution >= 4 is 11.3 Å². The summed E-state index contributed by atoms with van der Waals surface area (Å²) in [6, 6.07) is 4.30. The van der Waals surface area contributed by atoms with Crippen molar-refractivity contribution in [1.29, 1.82) is 0 Å². The first-order valence-electron chi connectivity index (χ1n) is 7.72. The Morgan fingerprint density at radius 1 is 1.43 bits per heavy atom. The molecule has 4 heterocycles. The summed E-state index contributed by atoms with van der Waals surface area (Å²) in [5, 5.41) is 18.3. The first-order chi connectivity index (χ1) is 11.2. The average molecular weight is 330 g/mol. The van der Waals surface area contributed by atoms with E-state index in [1.807, 2.05) is 36.0 Å². The van der Waals surface area contributed by atoms with Gasteiger partial charge in [-0.25, -0.2) is 9.67 Å². The van der Waals surface area contributed by atoms with E-state index >= 15 is 0 Å². The van der Waals surface area contributed by atoms with Gasteiger partial charge >= 0.3 is 0 Å². The van der Waals surface area contributed by atoms with Gasteiger partial charge in [-0.05, 0) is 31.7 Å². The summed E-state index contributed by atoms with van der Waals surface area (Å²) in [7, 11) is 0. The summed E-state index contributed by atoms with van der Waals surface area (Å²) in [5.74, 6) is 3.12. The zero-order valence-electron chi connectivity index (χ0n) is 13.1. The van der Waals surface area contributed by atoms with Gasteiger partial charge in [0.1, 0.15) is 11.6 Å². The molecular weight excluding hydrogens is 312 g/mol. The van der Waals surface area contributed by atoms with Crippen LogP contribution in [0.5, 0.6) is 0 Å². The van der Waals surface area contributed by atoms with Crippen LogP contribution < -0.4 is 5.32 Å². The predicted molar refractivity (Wildman–Crippen MR) is 86.0 cm³/mol. The molecule has 0 aliphatic carbocycles. The summed E-state index contributed by atoms with van der Waals surface area (Å²) in [6.45, 7) is 4.81. The van der Waals surface area contributed by atoms with Crippen molar-refractivity contribution in [1.82, 2.24) is 30.3 Å². The van der Waals surface area contributed by atoms with Crippen molar-refractivity contribution in [2.75, 3.05) is 0 Å². The van der Waals surface area contributed by atoms with Crippen molar-refractivity contribution in [2.45, 2.75) is 45.3 Å². The highest BCUT2D eigenvalue weighted by atomic mass is 32.1. The molecule has 0 amide bonds. The number of nitrogens with one attached hydrogen (secondary N) is 1. The van der Waals surface area contributed by atoms with Crippen LogP contribution in [0.3, 0.4) is 0 Å². The van der Waals surface area contributed by atoms with Crippen molar-refractivity contribution in [3.63, 3.8) is 0 Å². The third-order valence-electron chi connectivity index (χ3n) is 3.99. The second-order valence-corrected chi connectivity index (χ2v) is 6.75. The number of fused-ring (bicyclic) bond motifs is 1. The lowest BCUT2D eigenvalue weighted by molar-refractivity contribution is 0.310. The molecule has 8 heteroatoms. The molecule has 3 aromatic heterocycles. The molecule has 0 unspecified atom stereocenters. The number of thiophene rings is 1. The third-order valence-corrected chi connectivity index (χ3v) is 4.85. The Labute approximate surface area is 137 Å². The number of rotatable bonds is 4. The Bertz CT molecular complexity index is 793. The molecule has 120 valence electrons. The van der Waals surface area contributed by atoms with Gasteiger partial charge in [-0.15, -0.1) is 21.5 Å². The quantitative estimate of drug-likeness (QED) is 0.791. The molecule has 0 aromatic carbocycles. The molecule has 0 bridgehead atoms. The standard InChI is InChI=1S/C15H18N6OS/c1-9(14-18-19-15(22-14)12-4-3-7-23-12)16-11-5-6-13-17-10(2)20-21(13)8-11/h3-4,7,9,11,16H,5-6,8H2,1-2H3/t9-,11-/m1/s1. The maximum atomic E-state index is 5.80. The Morgan fingerprint density at radius 2 is 2.35 bits per heavy atom. The summed E-state index contributed by atoms with van der Waals surface area (Å²) < 4.78 is 7.79. The minimum atomic E-state index is 0.00683. The molecule has 4 rings (SSSR count). The van der Waals surface area contributed by atoms with Gasteiger partial charge in [0.25, 0.3) is 5.89 Å². The first-order valence-corrected chi connectivity index (χ1v) is 8.60. The van der Waals surface area contributed by atoms with Crippen molar-refractivity contribution in [3.8, 4) is 10.8 Å². The first kappa shape index (κ1) is 14.5. The summed E-state index contributed by atoms with van der Waals surface area (Å²) >= 11 is 1.60. The van der Waals surface area contributed by atoms with Gasteiger partial charge in [-0.1, -0.05) is 6.07 Å². The van der Waals surface area contributed by atoms with Crippen LogP contribution in [0.15, 0.2) is 21.9 Å². The SMILES string of the molecule is Cc1nc2n(n1)C[C@H](N[C@H](C)c1nnc(-c3cccs3)o1)CC2. The topological polar surface area (TPSA) is 81.7 Å². The monoisotopic (exact) mass is 330 g/mol. The van der Waals surface area contributed by atoms with E-state index in [4.69, 9.17) is 4.42 Å². The Hall–Kier alpha value is -2.06. The molecule has 23 heavy (non-hydrogen) atoms. The molecule has 1 N–H and O–H groups in total. The average Bonchev–Trinajstić information content (AvgIpc) is 3.26. The van der Waals surface area contributed by atoms with Crippen LogP contribution in [0.2, 0.25) is 0 Å². The number of hydrogen-bond donors (Lipinski definition) is 1. The van der Waals surface area contributed by atoms with Crippen molar-refractivity contribution in [2.24, 2.45) is 0 Å². The molecule has 0 radical (unpaired) electrons. The molecular formula is C15H18N6OS. The highest BCUT2D eigenvalue weighted by Crippen LogP contribution is 2.25. The van der Waals surface area contributed by atoms with Crippen LogP contribution in [0.25, 0.3) is 10.8 Å². The van der Waals surface area contributed by atoms with Crippen LogP contribution in [0, 0.1) is 6.92 Å². The van der Waals surface area contributed by atoms with E-state index in [1.165, 1.54) is 0 Å². The van der Waals surface area contributed by atoms with E-state index < -0.39 is 0 Å². The molecule has 1 aliphatic rings. The van der Waals surface area contributed by atoms with E-state index in [0.29, 0.717) is 17.8 Å². The maximum absolute atomic E-state index is 5.80. The van der Waals surface area contributed by atoms with Gasteiger partial charge in [-0.3, -0.25) is 0 Å². The van der Waals surface area contributed by atoms with E-state index in [9.17, 15) is 0 Å². The van der Waals surface area contributed by atoms with Gasteiger partial charge in [-0.2, -0.15) is 5.10 Å². The summed E-state index contributed by atoms with van der Waals surface area (Å²) in [4.78, 5) is 5.44. The Morgan fingerprint density at radius 3 is 3.17 bits per heavy atom. The fourth-order valence-electron chi connectivity index (χ4n) is 2.90. The molecule has 2 atom stereocenters. The number of aromatic nitrogens is 5. The highest BCUT2D eigenvalue weighted by molar-refractivity contribution is 7.13. The highest BCUT2D eigenvalue weighted by Gasteiger charge is 2.24. The summed E-state index contributed by atoms with van der Waals surface area (Å²) in [5.41, 5.74) is 0. The Kier molecular flexibility index (Phi) is 3.70. The zero-order chi connectivity index (χ0) is 15.8. The van der Waals surface area contributed by atoms with Gasteiger partial charge in [0.2, 0.25) is 5.89 Å². The van der Waals surface area contributed by atoms with Crippen LogP contribution >= 0.6 is 11.3 Å². The van der Waals surface area contributed by atoms with E-state index in [2.05, 4.69) is 25.6 Å². The summed E-state index contributed by atoms with van der Waals surface area (Å²) in [6.07, 6.45) is 1.98. The van der Waals surface area contributed by atoms with Crippen LogP contribution in [-0.4, -0.2) is 31.0 Å². The van der Waals surface area contributed by atoms with Crippen LogP contribution in [-0.2, 0) is 13.0 Å². The minimum absolute atomic E-state index is 0.00683. The lowest BCUT2D eigenvalue weighted by Crippen LogP contribution is -2.39. The largest absolute Gasteiger partial charge is 0.418 e. The van der Waals surface area contributed by atoms with Crippen molar-refractivity contribution in [3.05, 3.63) is 35.1 Å². The lowest BCUT2D eigenvalue weighted by Gasteiger charge is -2.25. The second kappa shape index (κ2) is 5.86. The lowest BCUT2D eigenvalue weighted by atomic mass is 10.1. The smallest absolute Gasteiger partial charge is 0.257 e.